The van der Waals surface area contributed by atoms with Gasteiger partial charge in [0.2, 0.25) is 0 Å². The molecule has 1 amide bonds. The maximum Gasteiger partial charge on any atom is 0.270 e. The smallest absolute Gasteiger partial charge is 0.270 e. The monoisotopic (exact) mass is 282 g/mol. The average Bonchev–Trinajstić information content (AvgIpc) is 3.17. The second-order valence-corrected chi connectivity index (χ2v) is 4.88. The van der Waals surface area contributed by atoms with Crippen LogP contribution in [0.2, 0.25) is 0 Å². The minimum absolute atomic E-state index is 0.0330. The zero-order valence-corrected chi connectivity index (χ0v) is 12.2. The van der Waals surface area contributed by atoms with Gasteiger partial charge < -0.3 is 14.9 Å². The fourth-order valence-electron chi connectivity index (χ4n) is 2.57. The lowest BCUT2D eigenvalue weighted by Crippen LogP contribution is -2.30. The predicted molar refractivity (Wildman–Crippen MR) is 83.1 cm³/mol. The third-order valence-electron chi connectivity index (χ3n) is 3.74. The third-order valence-corrected chi connectivity index (χ3v) is 3.74. The van der Waals surface area contributed by atoms with Gasteiger partial charge in [-0.2, -0.15) is 0 Å². The summed E-state index contributed by atoms with van der Waals surface area (Å²) in [7, 11) is 0. The second-order valence-electron chi connectivity index (χ2n) is 4.88. The molecule has 0 saturated carbocycles. The predicted octanol–water partition coefficient (Wildman–Crippen LogP) is 3.04. The number of carbonyl (C=O) groups excluding carboxylic acids is 1. The van der Waals surface area contributed by atoms with Crippen LogP contribution in [0.4, 0.5) is 0 Å². The minimum Gasteiger partial charge on any atom is -0.357 e. The normalized spacial score (nSPS) is 11.0. The van der Waals surface area contributed by atoms with Crippen molar-refractivity contribution in [3.05, 3.63) is 42.5 Å². The van der Waals surface area contributed by atoms with Gasteiger partial charge in [-0.3, -0.25) is 4.79 Å². The van der Waals surface area contributed by atoms with Crippen LogP contribution in [0.1, 0.15) is 24.3 Å². The molecule has 0 radical (unpaired) electrons. The molecule has 0 bridgehead atoms. The van der Waals surface area contributed by atoms with Crippen molar-refractivity contribution >= 4 is 16.9 Å². The first kappa shape index (κ1) is 13.4. The van der Waals surface area contributed by atoms with Crippen LogP contribution in [0, 0.1) is 0 Å². The van der Waals surface area contributed by atoms with E-state index >= 15 is 0 Å². The van der Waals surface area contributed by atoms with Gasteiger partial charge in [0.25, 0.3) is 5.91 Å². The summed E-state index contributed by atoms with van der Waals surface area (Å²) in [4.78, 5) is 24.6. The van der Waals surface area contributed by atoms with E-state index in [0.29, 0.717) is 18.8 Å². The van der Waals surface area contributed by atoms with E-state index < -0.39 is 0 Å². The van der Waals surface area contributed by atoms with E-state index in [9.17, 15) is 4.79 Å². The lowest BCUT2D eigenvalue weighted by molar-refractivity contribution is 0.0768. The third kappa shape index (κ3) is 2.31. The van der Waals surface area contributed by atoms with E-state index in [1.807, 2.05) is 44.4 Å². The van der Waals surface area contributed by atoms with Crippen LogP contribution in [0.25, 0.3) is 22.2 Å². The van der Waals surface area contributed by atoms with E-state index in [0.717, 1.165) is 22.2 Å². The van der Waals surface area contributed by atoms with Crippen molar-refractivity contribution in [3.8, 4) is 11.1 Å². The summed E-state index contributed by atoms with van der Waals surface area (Å²) < 4.78 is 0. The van der Waals surface area contributed by atoms with Crippen molar-refractivity contribution in [1.82, 2.24) is 19.9 Å². The van der Waals surface area contributed by atoms with Gasteiger partial charge in [0.05, 0.1) is 0 Å². The summed E-state index contributed by atoms with van der Waals surface area (Å²) in [6.45, 7) is 5.39. The number of rotatable bonds is 4. The summed E-state index contributed by atoms with van der Waals surface area (Å²) in [5, 5.41) is 1.05. The number of nitrogens with zero attached hydrogens (tertiary/aromatic N) is 2. The second kappa shape index (κ2) is 5.44. The fourth-order valence-corrected chi connectivity index (χ4v) is 2.57. The number of aromatic nitrogens is 3. The van der Waals surface area contributed by atoms with Crippen molar-refractivity contribution in [2.75, 3.05) is 13.1 Å². The van der Waals surface area contributed by atoms with E-state index in [2.05, 4.69) is 15.0 Å². The van der Waals surface area contributed by atoms with Crippen LogP contribution in [0.15, 0.2) is 36.8 Å². The Bertz CT molecular complexity index is 767. The first-order valence-electron chi connectivity index (χ1n) is 7.14. The Morgan fingerprint density at radius 1 is 1.24 bits per heavy atom. The molecule has 0 aliphatic heterocycles. The highest BCUT2D eigenvalue weighted by Gasteiger charge is 2.15. The summed E-state index contributed by atoms with van der Waals surface area (Å²) in [6.07, 6.45) is 5.52. The molecule has 0 spiro atoms. The number of aromatic amines is 2. The Labute approximate surface area is 123 Å². The Kier molecular flexibility index (Phi) is 3.48. The van der Waals surface area contributed by atoms with E-state index in [1.165, 1.54) is 0 Å². The van der Waals surface area contributed by atoms with Gasteiger partial charge in [-0.1, -0.05) is 0 Å². The Hall–Kier alpha value is -2.56. The molecule has 0 aromatic carbocycles. The van der Waals surface area contributed by atoms with Gasteiger partial charge in [0.1, 0.15) is 11.3 Å². The Balaban J connectivity index is 1.99. The molecule has 5 nitrogen and oxygen atoms in total. The molecule has 108 valence electrons. The molecule has 0 atom stereocenters. The molecule has 0 unspecified atom stereocenters. The highest BCUT2D eigenvalue weighted by molar-refractivity contribution is 5.97. The van der Waals surface area contributed by atoms with E-state index in [4.69, 9.17) is 0 Å². The van der Waals surface area contributed by atoms with Crippen molar-refractivity contribution < 1.29 is 4.79 Å². The number of hydrogen-bond donors (Lipinski definition) is 2. The number of fused-ring (bicyclic) bond motifs is 1. The molecular weight excluding hydrogens is 264 g/mol. The highest BCUT2D eigenvalue weighted by atomic mass is 16.2. The molecule has 21 heavy (non-hydrogen) atoms. The molecule has 0 fully saturated rings. The number of H-pyrrole nitrogens is 2. The quantitative estimate of drug-likeness (QED) is 0.772. The molecule has 5 heteroatoms. The minimum atomic E-state index is 0.0330. The molecule has 2 N–H and O–H groups in total. The van der Waals surface area contributed by atoms with Crippen LogP contribution in [-0.4, -0.2) is 38.8 Å². The van der Waals surface area contributed by atoms with E-state index in [-0.39, 0.29) is 5.91 Å². The number of nitrogens with one attached hydrogen (secondary N) is 2. The fraction of sp³-hybridized carbons (Fsp3) is 0.250. The zero-order valence-electron chi connectivity index (χ0n) is 12.2. The molecule has 3 rings (SSSR count). The topological polar surface area (TPSA) is 64.8 Å². The SMILES string of the molecule is CCN(CC)C(=O)c1cc(-c2ccnc3[nH]ccc23)c[nH]1. The number of carbonyl (C=O) groups is 1. The Morgan fingerprint density at radius 3 is 2.81 bits per heavy atom. The summed E-state index contributed by atoms with van der Waals surface area (Å²) in [5.74, 6) is 0.0330. The molecule has 3 aromatic rings. The highest BCUT2D eigenvalue weighted by Crippen LogP contribution is 2.27. The number of amides is 1. The summed E-state index contributed by atoms with van der Waals surface area (Å²) >= 11 is 0. The van der Waals surface area contributed by atoms with Gasteiger partial charge in [-0.25, -0.2) is 4.98 Å². The molecule has 3 heterocycles. The first-order valence-corrected chi connectivity index (χ1v) is 7.14. The van der Waals surface area contributed by atoms with Crippen molar-refractivity contribution in [1.29, 1.82) is 0 Å². The molecule has 3 aromatic heterocycles. The molecule has 0 aliphatic carbocycles. The van der Waals surface area contributed by atoms with Crippen molar-refractivity contribution in [2.24, 2.45) is 0 Å². The van der Waals surface area contributed by atoms with Crippen LogP contribution in [0.5, 0.6) is 0 Å². The number of pyridine rings is 1. The van der Waals surface area contributed by atoms with Crippen LogP contribution in [-0.2, 0) is 0 Å². The van der Waals surface area contributed by atoms with Crippen molar-refractivity contribution in [3.63, 3.8) is 0 Å². The molecular formula is C16H18N4O. The number of hydrogen-bond acceptors (Lipinski definition) is 2. The van der Waals surface area contributed by atoms with Crippen LogP contribution >= 0.6 is 0 Å². The average molecular weight is 282 g/mol. The lowest BCUT2D eigenvalue weighted by atomic mass is 10.1. The maximum atomic E-state index is 12.3. The van der Waals surface area contributed by atoms with Crippen molar-refractivity contribution in [2.45, 2.75) is 13.8 Å². The van der Waals surface area contributed by atoms with Gasteiger partial charge in [-0.15, -0.1) is 0 Å². The standard InChI is InChI=1S/C16H18N4O/c1-3-20(4-2)16(21)14-9-11(10-19-14)12-5-7-17-15-13(12)6-8-18-15/h5-10,19H,3-4H2,1-2H3,(H,17,18). The lowest BCUT2D eigenvalue weighted by Gasteiger charge is -2.17. The largest absolute Gasteiger partial charge is 0.357 e. The zero-order chi connectivity index (χ0) is 14.8. The molecule has 0 aliphatic rings. The van der Waals surface area contributed by atoms with Gasteiger partial charge in [-0.05, 0) is 37.6 Å². The maximum absolute atomic E-state index is 12.3. The summed E-state index contributed by atoms with van der Waals surface area (Å²) in [5.41, 5.74) is 3.54. The molecule has 0 saturated heterocycles. The van der Waals surface area contributed by atoms with Gasteiger partial charge in [0.15, 0.2) is 0 Å². The Morgan fingerprint density at radius 2 is 2.05 bits per heavy atom. The van der Waals surface area contributed by atoms with E-state index in [1.54, 1.807) is 11.1 Å². The van der Waals surface area contributed by atoms with Gasteiger partial charge in [0, 0.05) is 42.6 Å². The first-order chi connectivity index (χ1) is 10.2. The van der Waals surface area contributed by atoms with Crippen LogP contribution in [0.3, 0.4) is 0 Å². The summed E-state index contributed by atoms with van der Waals surface area (Å²) in [6, 6.07) is 5.87. The van der Waals surface area contributed by atoms with Crippen LogP contribution < -0.4 is 0 Å². The van der Waals surface area contributed by atoms with Gasteiger partial charge >= 0.3 is 0 Å².